The highest BCUT2D eigenvalue weighted by atomic mass is 32.1. The Morgan fingerprint density at radius 3 is 2.67 bits per heavy atom. The van der Waals surface area contributed by atoms with Crippen LogP contribution in [0.3, 0.4) is 0 Å². The predicted molar refractivity (Wildman–Crippen MR) is 109 cm³/mol. The maximum Gasteiger partial charge on any atom is 0.221 e. The van der Waals surface area contributed by atoms with Gasteiger partial charge in [-0.3, -0.25) is 4.79 Å². The number of halogens is 1. The molecule has 7 heteroatoms. The molecule has 1 amide bonds. The molecule has 5 nitrogen and oxygen atoms in total. The van der Waals surface area contributed by atoms with E-state index in [-0.39, 0.29) is 17.8 Å². The van der Waals surface area contributed by atoms with Gasteiger partial charge in [0.25, 0.3) is 0 Å². The number of nitrogens with zero attached hydrogens (tertiary/aromatic N) is 3. The molecule has 0 bridgehead atoms. The summed E-state index contributed by atoms with van der Waals surface area (Å²) in [6.07, 6.45) is 4.07. The first-order valence-electron chi connectivity index (χ1n) is 9.63. The number of hydrogen-bond donors (Lipinski definition) is 1. The maximum absolute atomic E-state index is 13.0. The van der Waals surface area contributed by atoms with Crippen LogP contribution in [0, 0.1) is 5.82 Å². The first-order chi connectivity index (χ1) is 13.0. The van der Waals surface area contributed by atoms with Crippen molar-refractivity contribution in [2.75, 3.05) is 18.0 Å². The molecule has 1 N–H and O–H groups in total. The lowest BCUT2D eigenvalue weighted by atomic mass is 10.1. The second kappa shape index (κ2) is 11.0. The van der Waals surface area contributed by atoms with Crippen LogP contribution >= 0.6 is 11.5 Å². The zero-order valence-electron chi connectivity index (χ0n) is 16.4. The Bertz CT molecular complexity index is 704. The van der Waals surface area contributed by atoms with Crippen molar-refractivity contribution < 1.29 is 9.18 Å². The van der Waals surface area contributed by atoms with Gasteiger partial charge in [0.05, 0.1) is 0 Å². The number of rotatable bonds is 11. The molecule has 0 unspecified atom stereocenters. The minimum absolute atomic E-state index is 0.0712. The van der Waals surface area contributed by atoms with Gasteiger partial charge in [0.15, 0.2) is 0 Å². The summed E-state index contributed by atoms with van der Waals surface area (Å²) in [5, 5.41) is 3.85. The highest BCUT2D eigenvalue weighted by Crippen LogP contribution is 2.20. The number of amides is 1. The van der Waals surface area contributed by atoms with E-state index in [9.17, 15) is 9.18 Å². The van der Waals surface area contributed by atoms with Gasteiger partial charge in [-0.25, -0.2) is 9.37 Å². The SMILES string of the molecule is CCCCN(CCC(=O)N[C@@H](C)CC)c1nc(Cc2ccc(F)cc2)ns1. The van der Waals surface area contributed by atoms with E-state index in [1.54, 1.807) is 12.1 Å². The molecule has 0 aliphatic heterocycles. The molecular formula is C20H29FN4OS. The van der Waals surface area contributed by atoms with Crippen LogP contribution in [0.25, 0.3) is 0 Å². The summed E-state index contributed by atoms with van der Waals surface area (Å²) in [7, 11) is 0. The molecule has 27 heavy (non-hydrogen) atoms. The Hall–Kier alpha value is -2.02. The molecule has 0 spiro atoms. The highest BCUT2D eigenvalue weighted by molar-refractivity contribution is 7.09. The molecule has 0 aliphatic rings. The van der Waals surface area contributed by atoms with Crippen molar-refractivity contribution in [3.8, 4) is 0 Å². The van der Waals surface area contributed by atoms with Crippen LogP contribution in [0.15, 0.2) is 24.3 Å². The molecular weight excluding hydrogens is 363 g/mol. The summed E-state index contributed by atoms with van der Waals surface area (Å²) in [6, 6.07) is 6.61. The Morgan fingerprint density at radius 1 is 1.26 bits per heavy atom. The molecule has 0 saturated carbocycles. The van der Waals surface area contributed by atoms with Gasteiger partial charge in [-0.15, -0.1) is 0 Å². The summed E-state index contributed by atoms with van der Waals surface area (Å²) < 4.78 is 17.5. The topological polar surface area (TPSA) is 58.1 Å². The second-order valence-electron chi connectivity index (χ2n) is 6.76. The number of carbonyl (C=O) groups excluding carboxylic acids is 1. The summed E-state index contributed by atoms with van der Waals surface area (Å²) in [5.74, 6) is 0.557. The van der Waals surface area contributed by atoms with E-state index in [1.165, 1.54) is 23.7 Å². The Labute approximate surface area is 165 Å². The minimum Gasteiger partial charge on any atom is -0.354 e. The summed E-state index contributed by atoms with van der Waals surface area (Å²) in [6.45, 7) is 7.71. The molecule has 0 saturated heterocycles. The number of carbonyl (C=O) groups is 1. The average molecular weight is 393 g/mol. The molecule has 1 atom stereocenters. The molecule has 2 aromatic rings. The zero-order valence-corrected chi connectivity index (χ0v) is 17.2. The van der Waals surface area contributed by atoms with Crippen molar-refractivity contribution in [1.29, 1.82) is 0 Å². The molecule has 148 valence electrons. The largest absolute Gasteiger partial charge is 0.354 e. The third kappa shape index (κ3) is 7.25. The standard InChI is InChI=1S/C20H29FN4OS/c1-4-6-12-25(13-11-19(26)22-15(3)5-2)20-23-18(24-27-20)14-16-7-9-17(21)10-8-16/h7-10,15H,4-6,11-14H2,1-3H3,(H,22,26)/t15-/m0/s1. The van der Waals surface area contributed by atoms with Gasteiger partial charge in [0.1, 0.15) is 11.6 Å². The van der Waals surface area contributed by atoms with Crippen molar-refractivity contribution in [1.82, 2.24) is 14.7 Å². The number of unbranched alkanes of at least 4 members (excludes halogenated alkanes) is 1. The van der Waals surface area contributed by atoms with Crippen LogP contribution in [0.5, 0.6) is 0 Å². The summed E-state index contributed by atoms with van der Waals surface area (Å²) in [5.41, 5.74) is 0.980. The Morgan fingerprint density at radius 2 is 2.00 bits per heavy atom. The zero-order chi connectivity index (χ0) is 19.6. The van der Waals surface area contributed by atoms with Crippen LogP contribution < -0.4 is 10.2 Å². The average Bonchev–Trinajstić information content (AvgIpc) is 3.12. The van der Waals surface area contributed by atoms with Gasteiger partial charge >= 0.3 is 0 Å². The van der Waals surface area contributed by atoms with Gasteiger partial charge in [-0.1, -0.05) is 32.4 Å². The van der Waals surface area contributed by atoms with Crippen molar-refractivity contribution in [3.05, 3.63) is 41.5 Å². The first kappa shape index (κ1) is 21.3. The molecule has 2 rings (SSSR count). The van der Waals surface area contributed by atoms with Gasteiger partial charge in [-0.05, 0) is 37.5 Å². The van der Waals surface area contributed by atoms with Crippen LogP contribution in [0.2, 0.25) is 0 Å². The lowest BCUT2D eigenvalue weighted by Crippen LogP contribution is -2.35. The van der Waals surface area contributed by atoms with Gasteiger partial charge in [0.2, 0.25) is 11.0 Å². The van der Waals surface area contributed by atoms with Crippen LogP contribution in [-0.4, -0.2) is 34.4 Å². The first-order valence-corrected chi connectivity index (χ1v) is 10.4. The molecule has 0 radical (unpaired) electrons. The van der Waals surface area contributed by atoms with Crippen molar-refractivity contribution in [2.24, 2.45) is 0 Å². The van der Waals surface area contributed by atoms with E-state index in [2.05, 4.69) is 33.4 Å². The van der Waals surface area contributed by atoms with Crippen molar-refractivity contribution in [2.45, 2.75) is 58.9 Å². The van der Waals surface area contributed by atoms with Crippen molar-refractivity contribution in [3.63, 3.8) is 0 Å². The van der Waals surface area contributed by atoms with E-state index in [0.717, 1.165) is 42.3 Å². The smallest absolute Gasteiger partial charge is 0.221 e. The molecule has 1 heterocycles. The summed E-state index contributed by atoms with van der Waals surface area (Å²) in [4.78, 5) is 18.9. The van der Waals surface area contributed by atoms with E-state index >= 15 is 0 Å². The van der Waals surface area contributed by atoms with Gasteiger partial charge < -0.3 is 10.2 Å². The number of aromatic nitrogens is 2. The van der Waals surface area contributed by atoms with Crippen LogP contribution in [0.1, 0.15) is 57.8 Å². The quantitative estimate of drug-likeness (QED) is 0.623. The predicted octanol–water partition coefficient (Wildman–Crippen LogP) is 4.18. The third-order valence-electron chi connectivity index (χ3n) is 4.41. The fourth-order valence-corrected chi connectivity index (χ4v) is 3.30. The Kier molecular flexibility index (Phi) is 8.64. The number of nitrogens with one attached hydrogen (secondary N) is 1. The normalized spacial score (nSPS) is 12.0. The highest BCUT2D eigenvalue weighted by Gasteiger charge is 2.15. The number of anilines is 1. The lowest BCUT2D eigenvalue weighted by Gasteiger charge is -2.21. The van der Waals surface area contributed by atoms with Crippen LogP contribution in [0.4, 0.5) is 9.52 Å². The third-order valence-corrected chi connectivity index (χ3v) is 5.23. The molecule has 1 aromatic heterocycles. The van der Waals surface area contributed by atoms with Crippen LogP contribution in [-0.2, 0) is 11.2 Å². The second-order valence-corrected chi connectivity index (χ2v) is 7.49. The lowest BCUT2D eigenvalue weighted by molar-refractivity contribution is -0.121. The number of benzene rings is 1. The van der Waals surface area contributed by atoms with E-state index in [1.807, 2.05) is 6.92 Å². The monoisotopic (exact) mass is 392 g/mol. The fourth-order valence-electron chi connectivity index (χ4n) is 2.57. The fraction of sp³-hybridized carbons (Fsp3) is 0.550. The van der Waals surface area contributed by atoms with Gasteiger partial charge in [-0.2, -0.15) is 4.37 Å². The molecule has 0 fully saturated rings. The van der Waals surface area contributed by atoms with Crippen molar-refractivity contribution >= 4 is 22.6 Å². The van der Waals surface area contributed by atoms with E-state index in [0.29, 0.717) is 19.4 Å². The van der Waals surface area contributed by atoms with E-state index < -0.39 is 0 Å². The van der Waals surface area contributed by atoms with Gasteiger partial charge in [0, 0.05) is 43.5 Å². The minimum atomic E-state index is -0.243. The summed E-state index contributed by atoms with van der Waals surface area (Å²) >= 11 is 1.36. The number of hydrogen-bond acceptors (Lipinski definition) is 5. The molecule has 1 aromatic carbocycles. The Balaban J connectivity index is 1.97. The molecule has 0 aliphatic carbocycles. The van der Waals surface area contributed by atoms with E-state index in [4.69, 9.17) is 0 Å². The maximum atomic E-state index is 13.0.